The molecule has 1 saturated heterocycles. The molecule has 2 aliphatic rings. The van der Waals surface area contributed by atoms with Crippen LogP contribution in [0.4, 0.5) is 4.79 Å². The summed E-state index contributed by atoms with van der Waals surface area (Å²) in [5, 5.41) is 2.70. The summed E-state index contributed by atoms with van der Waals surface area (Å²) in [5.41, 5.74) is 0. The Hall–Kier alpha value is -0.730. The number of amides is 2. The number of hydrogen-bond acceptors (Lipinski definition) is 1. The van der Waals surface area contributed by atoms with E-state index < -0.39 is 0 Å². The van der Waals surface area contributed by atoms with Crippen molar-refractivity contribution in [2.24, 2.45) is 11.8 Å². The van der Waals surface area contributed by atoms with Gasteiger partial charge in [-0.15, -0.1) is 0 Å². The van der Waals surface area contributed by atoms with Gasteiger partial charge in [-0.2, -0.15) is 0 Å². The van der Waals surface area contributed by atoms with Crippen LogP contribution in [0.1, 0.15) is 25.7 Å². The topological polar surface area (TPSA) is 32.3 Å². The maximum Gasteiger partial charge on any atom is 0.317 e. The van der Waals surface area contributed by atoms with Crippen molar-refractivity contribution in [2.75, 3.05) is 20.1 Å². The minimum Gasteiger partial charge on any atom is -0.341 e. The third-order valence-corrected chi connectivity index (χ3v) is 3.48. The smallest absolute Gasteiger partial charge is 0.317 e. The molecular weight excluding hydrogens is 164 g/mol. The molecule has 3 heteroatoms. The average Bonchev–Trinajstić information content (AvgIpc) is 2.59. The number of rotatable bonds is 0. The Morgan fingerprint density at radius 2 is 1.77 bits per heavy atom. The van der Waals surface area contributed by atoms with E-state index in [9.17, 15) is 4.79 Å². The van der Waals surface area contributed by atoms with E-state index in [1.54, 1.807) is 7.05 Å². The van der Waals surface area contributed by atoms with Crippen molar-refractivity contribution >= 4 is 6.03 Å². The quantitative estimate of drug-likeness (QED) is 0.604. The number of fused-ring (bicyclic) bond motifs is 1. The predicted octanol–water partition coefficient (Wildman–Crippen LogP) is 1.45. The predicted molar refractivity (Wildman–Crippen MR) is 51.5 cm³/mol. The molecule has 0 unspecified atom stereocenters. The zero-order valence-electron chi connectivity index (χ0n) is 8.25. The minimum atomic E-state index is 0.106. The molecular formula is C10H18N2O. The largest absolute Gasteiger partial charge is 0.341 e. The summed E-state index contributed by atoms with van der Waals surface area (Å²) in [7, 11) is 1.71. The Morgan fingerprint density at radius 1 is 1.23 bits per heavy atom. The first kappa shape index (κ1) is 8.85. The zero-order chi connectivity index (χ0) is 9.26. The first-order chi connectivity index (χ1) is 6.31. The van der Waals surface area contributed by atoms with Crippen LogP contribution in [0.5, 0.6) is 0 Å². The van der Waals surface area contributed by atoms with Gasteiger partial charge in [-0.25, -0.2) is 4.79 Å². The number of nitrogens with one attached hydrogen (secondary N) is 1. The van der Waals surface area contributed by atoms with E-state index in [0.29, 0.717) is 0 Å². The van der Waals surface area contributed by atoms with Gasteiger partial charge in [0.1, 0.15) is 0 Å². The van der Waals surface area contributed by atoms with Gasteiger partial charge in [-0.3, -0.25) is 0 Å². The van der Waals surface area contributed by atoms with Gasteiger partial charge in [0, 0.05) is 20.1 Å². The standard InChI is InChI=1S/C10H18N2O/c1-11-10(13)12-6-8-4-2-3-5-9(8)7-12/h8-9H,2-7H2,1H3,(H,11,13)/t8-,9+. The van der Waals surface area contributed by atoms with Crippen molar-refractivity contribution in [2.45, 2.75) is 25.7 Å². The van der Waals surface area contributed by atoms with Crippen molar-refractivity contribution in [1.82, 2.24) is 10.2 Å². The molecule has 0 bridgehead atoms. The molecule has 0 radical (unpaired) electrons. The Kier molecular flexibility index (Phi) is 2.42. The Labute approximate surface area is 79.5 Å². The summed E-state index contributed by atoms with van der Waals surface area (Å²) in [5.74, 6) is 1.59. The van der Waals surface area contributed by atoms with Gasteiger partial charge in [0.15, 0.2) is 0 Å². The highest BCUT2D eigenvalue weighted by atomic mass is 16.2. The highest BCUT2D eigenvalue weighted by molar-refractivity contribution is 5.74. The average molecular weight is 182 g/mol. The van der Waals surface area contributed by atoms with E-state index in [1.807, 2.05) is 4.90 Å². The molecule has 1 heterocycles. The van der Waals surface area contributed by atoms with Crippen LogP contribution >= 0.6 is 0 Å². The normalized spacial score (nSPS) is 32.8. The lowest BCUT2D eigenvalue weighted by atomic mass is 9.82. The second-order valence-electron chi connectivity index (χ2n) is 4.26. The number of likely N-dealkylation sites (tertiary alicyclic amines) is 1. The van der Waals surface area contributed by atoms with Crippen LogP contribution in [0.25, 0.3) is 0 Å². The van der Waals surface area contributed by atoms with Crippen molar-refractivity contribution in [3.05, 3.63) is 0 Å². The van der Waals surface area contributed by atoms with Gasteiger partial charge < -0.3 is 10.2 Å². The fourth-order valence-electron chi connectivity index (χ4n) is 2.73. The lowest BCUT2D eigenvalue weighted by molar-refractivity contribution is 0.208. The molecule has 0 spiro atoms. The molecule has 0 aromatic rings. The zero-order valence-corrected chi connectivity index (χ0v) is 8.25. The highest BCUT2D eigenvalue weighted by Gasteiger charge is 2.35. The summed E-state index contributed by atoms with van der Waals surface area (Å²) in [6.45, 7) is 1.98. The molecule has 0 aromatic carbocycles. The van der Waals surface area contributed by atoms with Crippen LogP contribution in [0, 0.1) is 11.8 Å². The fourth-order valence-corrected chi connectivity index (χ4v) is 2.73. The molecule has 2 atom stereocenters. The molecule has 13 heavy (non-hydrogen) atoms. The van der Waals surface area contributed by atoms with Crippen molar-refractivity contribution in [1.29, 1.82) is 0 Å². The van der Waals surface area contributed by atoms with Crippen LogP contribution in [-0.4, -0.2) is 31.1 Å². The van der Waals surface area contributed by atoms with Crippen LogP contribution in [0.2, 0.25) is 0 Å². The van der Waals surface area contributed by atoms with Gasteiger partial charge in [-0.05, 0) is 24.7 Å². The first-order valence-electron chi connectivity index (χ1n) is 5.28. The van der Waals surface area contributed by atoms with E-state index in [2.05, 4.69) is 5.32 Å². The second-order valence-corrected chi connectivity index (χ2v) is 4.26. The molecule has 3 nitrogen and oxygen atoms in total. The summed E-state index contributed by atoms with van der Waals surface area (Å²) < 4.78 is 0. The molecule has 74 valence electrons. The van der Waals surface area contributed by atoms with Gasteiger partial charge in [0.25, 0.3) is 0 Å². The molecule has 2 rings (SSSR count). The van der Waals surface area contributed by atoms with Crippen molar-refractivity contribution in [3.8, 4) is 0 Å². The number of carbonyl (C=O) groups is 1. The summed E-state index contributed by atoms with van der Waals surface area (Å²) in [6.07, 6.45) is 5.39. The van der Waals surface area contributed by atoms with E-state index in [1.165, 1.54) is 25.7 Å². The Bertz CT molecular complexity index is 191. The van der Waals surface area contributed by atoms with Crippen LogP contribution in [0.3, 0.4) is 0 Å². The number of nitrogens with zero attached hydrogens (tertiary/aromatic N) is 1. The van der Waals surface area contributed by atoms with E-state index in [4.69, 9.17) is 0 Å². The number of hydrogen-bond donors (Lipinski definition) is 1. The third kappa shape index (κ3) is 1.64. The lowest BCUT2D eigenvalue weighted by Crippen LogP contribution is -2.36. The van der Waals surface area contributed by atoms with E-state index in [0.717, 1.165) is 24.9 Å². The molecule has 1 aliphatic heterocycles. The van der Waals surface area contributed by atoms with Gasteiger partial charge in [-0.1, -0.05) is 12.8 Å². The van der Waals surface area contributed by atoms with Gasteiger partial charge in [0.2, 0.25) is 0 Å². The van der Waals surface area contributed by atoms with Crippen LogP contribution in [0.15, 0.2) is 0 Å². The number of carbonyl (C=O) groups excluding carboxylic acids is 1. The summed E-state index contributed by atoms with van der Waals surface area (Å²) >= 11 is 0. The fraction of sp³-hybridized carbons (Fsp3) is 0.900. The highest BCUT2D eigenvalue weighted by Crippen LogP contribution is 2.35. The van der Waals surface area contributed by atoms with Gasteiger partial charge >= 0.3 is 6.03 Å². The molecule has 1 aliphatic carbocycles. The summed E-state index contributed by atoms with van der Waals surface area (Å²) in [4.78, 5) is 13.3. The molecule has 2 fully saturated rings. The van der Waals surface area contributed by atoms with Crippen molar-refractivity contribution in [3.63, 3.8) is 0 Å². The lowest BCUT2D eigenvalue weighted by Gasteiger charge is -2.22. The van der Waals surface area contributed by atoms with Crippen LogP contribution in [-0.2, 0) is 0 Å². The molecule has 1 N–H and O–H groups in total. The number of urea groups is 1. The molecule has 1 saturated carbocycles. The van der Waals surface area contributed by atoms with Gasteiger partial charge in [0.05, 0.1) is 0 Å². The maximum absolute atomic E-state index is 11.4. The summed E-state index contributed by atoms with van der Waals surface area (Å²) in [6, 6.07) is 0.106. The second kappa shape index (κ2) is 3.56. The monoisotopic (exact) mass is 182 g/mol. The first-order valence-corrected chi connectivity index (χ1v) is 5.28. The third-order valence-electron chi connectivity index (χ3n) is 3.48. The Balaban J connectivity index is 1.94. The van der Waals surface area contributed by atoms with Crippen molar-refractivity contribution < 1.29 is 4.79 Å². The SMILES string of the molecule is CNC(=O)N1C[C@H]2CCCC[C@H]2C1. The maximum atomic E-state index is 11.4. The van der Waals surface area contributed by atoms with E-state index in [-0.39, 0.29) is 6.03 Å². The molecule has 0 aromatic heterocycles. The van der Waals surface area contributed by atoms with Crippen LogP contribution < -0.4 is 5.32 Å². The minimum absolute atomic E-state index is 0.106. The van der Waals surface area contributed by atoms with E-state index >= 15 is 0 Å². The molecule has 2 amide bonds. The Morgan fingerprint density at radius 3 is 2.23 bits per heavy atom.